The summed E-state index contributed by atoms with van der Waals surface area (Å²) in [5.41, 5.74) is 7.05. The summed E-state index contributed by atoms with van der Waals surface area (Å²) in [6, 6.07) is 4.83. The molecule has 0 unspecified atom stereocenters. The van der Waals surface area contributed by atoms with E-state index in [2.05, 4.69) is 5.32 Å². The van der Waals surface area contributed by atoms with Crippen LogP contribution in [-0.4, -0.2) is 11.9 Å². The third kappa shape index (κ3) is 2.72. The molecule has 1 atom stereocenters. The fourth-order valence-corrected chi connectivity index (χ4v) is 1.11. The molecule has 1 amide bonds. The predicted octanol–water partition coefficient (Wildman–Crippen LogP) is 1.93. The zero-order chi connectivity index (χ0) is 10.7. The number of carbonyl (C=O) groups excluding carboxylic acids is 1. The van der Waals surface area contributed by atoms with Gasteiger partial charge in [-0.15, -0.1) is 0 Å². The molecule has 0 heterocycles. The first-order chi connectivity index (χ1) is 6.50. The van der Waals surface area contributed by atoms with Gasteiger partial charge in [-0.1, -0.05) is 17.7 Å². The van der Waals surface area contributed by atoms with Crippen molar-refractivity contribution in [3.8, 4) is 0 Å². The molecule has 1 rings (SSSR count). The average Bonchev–Trinajstić information content (AvgIpc) is 2.11. The molecular weight excluding hydrogens is 200 g/mol. The highest BCUT2D eigenvalue weighted by Crippen LogP contribution is 2.19. The Balaban J connectivity index is 2.78. The molecule has 0 aliphatic carbocycles. The zero-order valence-electron chi connectivity index (χ0n) is 8.17. The van der Waals surface area contributed by atoms with Crippen molar-refractivity contribution in [1.82, 2.24) is 0 Å². The first kappa shape index (κ1) is 11.0. The molecule has 0 aliphatic heterocycles. The minimum absolute atomic E-state index is 0.218. The van der Waals surface area contributed by atoms with Crippen molar-refractivity contribution >= 4 is 23.2 Å². The van der Waals surface area contributed by atoms with E-state index in [4.69, 9.17) is 17.3 Å². The van der Waals surface area contributed by atoms with E-state index in [1.807, 2.05) is 13.0 Å². The quantitative estimate of drug-likeness (QED) is 0.787. The maximum absolute atomic E-state index is 11.2. The number of nitrogens with one attached hydrogen (secondary N) is 1. The van der Waals surface area contributed by atoms with Gasteiger partial charge in [0.1, 0.15) is 0 Å². The van der Waals surface area contributed by atoms with Crippen LogP contribution >= 0.6 is 11.6 Å². The smallest absolute Gasteiger partial charge is 0.240 e. The van der Waals surface area contributed by atoms with Crippen molar-refractivity contribution in [2.45, 2.75) is 19.9 Å². The molecule has 1 aromatic rings. The topological polar surface area (TPSA) is 55.1 Å². The Morgan fingerprint density at radius 1 is 1.57 bits per heavy atom. The van der Waals surface area contributed by atoms with Crippen LogP contribution in [0.15, 0.2) is 18.2 Å². The van der Waals surface area contributed by atoms with E-state index < -0.39 is 6.04 Å². The number of carbonyl (C=O) groups is 1. The first-order valence-corrected chi connectivity index (χ1v) is 4.71. The number of benzene rings is 1. The highest BCUT2D eigenvalue weighted by molar-refractivity contribution is 6.31. The summed E-state index contributed by atoms with van der Waals surface area (Å²) >= 11 is 5.89. The molecule has 0 spiro atoms. The third-order valence-electron chi connectivity index (χ3n) is 1.85. The van der Waals surface area contributed by atoms with E-state index in [9.17, 15) is 4.79 Å². The van der Waals surface area contributed by atoms with E-state index >= 15 is 0 Å². The van der Waals surface area contributed by atoms with Gasteiger partial charge in [-0.25, -0.2) is 0 Å². The lowest BCUT2D eigenvalue weighted by Crippen LogP contribution is -2.32. The minimum Gasteiger partial charge on any atom is -0.325 e. The Bertz CT molecular complexity index is 350. The minimum atomic E-state index is -0.518. The Morgan fingerprint density at radius 2 is 2.21 bits per heavy atom. The van der Waals surface area contributed by atoms with Gasteiger partial charge in [0, 0.05) is 10.7 Å². The monoisotopic (exact) mass is 212 g/mol. The van der Waals surface area contributed by atoms with Gasteiger partial charge in [-0.2, -0.15) is 0 Å². The molecule has 0 bridgehead atoms. The lowest BCUT2D eigenvalue weighted by Gasteiger charge is -2.08. The Hall–Kier alpha value is -1.06. The zero-order valence-corrected chi connectivity index (χ0v) is 8.93. The Labute approximate surface area is 88.2 Å². The van der Waals surface area contributed by atoms with Gasteiger partial charge in [0.15, 0.2) is 0 Å². The van der Waals surface area contributed by atoms with E-state index in [0.717, 1.165) is 5.56 Å². The molecule has 3 nitrogen and oxygen atoms in total. The maximum Gasteiger partial charge on any atom is 0.240 e. The van der Waals surface area contributed by atoms with Gasteiger partial charge in [-0.3, -0.25) is 4.79 Å². The van der Waals surface area contributed by atoms with Crippen LogP contribution in [0.4, 0.5) is 5.69 Å². The number of amides is 1. The second-order valence-corrected chi connectivity index (χ2v) is 3.65. The standard InChI is InChI=1S/C10H13ClN2O/c1-6-3-4-8(5-9(6)11)13-10(14)7(2)12/h3-5,7H,12H2,1-2H3,(H,13,14)/t7-/m0/s1. The van der Waals surface area contributed by atoms with E-state index in [-0.39, 0.29) is 5.91 Å². The van der Waals surface area contributed by atoms with Crippen molar-refractivity contribution in [1.29, 1.82) is 0 Å². The number of halogens is 1. The van der Waals surface area contributed by atoms with Crippen molar-refractivity contribution < 1.29 is 4.79 Å². The summed E-state index contributed by atoms with van der Waals surface area (Å²) in [6.45, 7) is 3.53. The molecule has 3 N–H and O–H groups in total. The van der Waals surface area contributed by atoms with E-state index in [1.165, 1.54) is 0 Å². The van der Waals surface area contributed by atoms with E-state index in [1.54, 1.807) is 19.1 Å². The number of anilines is 1. The fraction of sp³-hybridized carbons (Fsp3) is 0.300. The maximum atomic E-state index is 11.2. The van der Waals surface area contributed by atoms with Crippen molar-refractivity contribution in [3.63, 3.8) is 0 Å². The van der Waals surface area contributed by atoms with Crippen LogP contribution in [0.3, 0.4) is 0 Å². The van der Waals surface area contributed by atoms with Crippen molar-refractivity contribution in [2.75, 3.05) is 5.32 Å². The molecule has 0 saturated heterocycles. The SMILES string of the molecule is Cc1ccc(NC(=O)[C@H](C)N)cc1Cl. The number of hydrogen-bond acceptors (Lipinski definition) is 2. The van der Waals surface area contributed by atoms with Crippen LogP contribution in [0.1, 0.15) is 12.5 Å². The van der Waals surface area contributed by atoms with Gasteiger partial charge >= 0.3 is 0 Å². The summed E-state index contributed by atoms with van der Waals surface area (Å²) in [7, 11) is 0. The lowest BCUT2D eigenvalue weighted by atomic mass is 10.2. The molecule has 0 radical (unpaired) electrons. The third-order valence-corrected chi connectivity index (χ3v) is 2.26. The van der Waals surface area contributed by atoms with Crippen molar-refractivity contribution in [3.05, 3.63) is 28.8 Å². The molecule has 0 aliphatic rings. The molecule has 0 fully saturated rings. The fourth-order valence-electron chi connectivity index (χ4n) is 0.927. The normalized spacial score (nSPS) is 12.3. The second kappa shape index (κ2) is 4.44. The van der Waals surface area contributed by atoms with Gasteiger partial charge < -0.3 is 11.1 Å². The van der Waals surface area contributed by atoms with Crippen LogP contribution in [0, 0.1) is 6.92 Å². The van der Waals surface area contributed by atoms with E-state index in [0.29, 0.717) is 10.7 Å². The molecular formula is C10H13ClN2O. The highest BCUT2D eigenvalue weighted by atomic mass is 35.5. The van der Waals surface area contributed by atoms with Gasteiger partial charge in [0.05, 0.1) is 6.04 Å². The van der Waals surface area contributed by atoms with Crippen LogP contribution in [-0.2, 0) is 4.79 Å². The second-order valence-electron chi connectivity index (χ2n) is 3.24. The summed E-state index contributed by atoms with van der Waals surface area (Å²) in [5.74, 6) is -0.218. The van der Waals surface area contributed by atoms with Crippen LogP contribution < -0.4 is 11.1 Å². The van der Waals surface area contributed by atoms with Crippen LogP contribution in [0.5, 0.6) is 0 Å². The number of nitrogens with two attached hydrogens (primary N) is 1. The molecule has 1 aromatic carbocycles. The molecule has 0 saturated carbocycles. The van der Waals surface area contributed by atoms with Gasteiger partial charge in [-0.05, 0) is 31.5 Å². The Morgan fingerprint density at radius 3 is 2.71 bits per heavy atom. The van der Waals surface area contributed by atoms with Crippen LogP contribution in [0.2, 0.25) is 5.02 Å². The summed E-state index contributed by atoms with van der Waals surface area (Å²) in [5, 5.41) is 3.29. The Kier molecular flexibility index (Phi) is 3.49. The van der Waals surface area contributed by atoms with Crippen LogP contribution in [0.25, 0.3) is 0 Å². The summed E-state index contributed by atoms with van der Waals surface area (Å²) in [4.78, 5) is 11.2. The largest absolute Gasteiger partial charge is 0.325 e. The summed E-state index contributed by atoms with van der Waals surface area (Å²) < 4.78 is 0. The number of rotatable bonds is 2. The predicted molar refractivity (Wildman–Crippen MR) is 58.5 cm³/mol. The average molecular weight is 213 g/mol. The highest BCUT2D eigenvalue weighted by Gasteiger charge is 2.07. The number of hydrogen-bond donors (Lipinski definition) is 2. The summed E-state index contributed by atoms with van der Waals surface area (Å²) in [6.07, 6.45) is 0. The number of aryl methyl sites for hydroxylation is 1. The first-order valence-electron chi connectivity index (χ1n) is 4.33. The lowest BCUT2D eigenvalue weighted by molar-refractivity contribution is -0.117. The molecule has 0 aromatic heterocycles. The van der Waals surface area contributed by atoms with Crippen molar-refractivity contribution in [2.24, 2.45) is 5.73 Å². The van der Waals surface area contributed by atoms with Gasteiger partial charge in [0.25, 0.3) is 0 Å². The molecule has 4 heteroatoms. The molecule has 14 heavy (non-hydrogen) atoms. The van der Waals surface area contributed by atoms with Gasteiger partial charge in [0.2, 0.25) is 5.91 Å². The molecule has 76 valence electrons.